The van der Waals surface area contributed by atoms with E-state index < -0.39 is 17.7 Å². The van der Waals surface area contributed by atoms with Crippen LogP contribution < -0.4 is 5.32 Å². The zero-order chi connectivity index (χ0) is 23.5. The summed E-state index contributed by atoms with van der Waals surface area (Å²) < 4.78 is 14.0. The Balaban J connectivity index is 0.000000189. The molecule has 0 amide bonds. The van der Waals surface area contributed by atoms with Gasteiger partial charge in [-0.2, -0.15) is 0 Å². The molecule has 0 bridgehead atoms. The van der Waals surface area contributed by atoms with E-state index >= 15 is 0 Å². The standard InChI is InChI=1S/C15H13FO2.C14H15N/c1-10(15(17)18)12-7-8-13(14(16)9-12)11-5-3-2-4-6-11;1-3-7-13(8-4-1)11-15-12-14-9-5-2-6-10-14/h2-10H,1H3,(H,17,18);1-10,15H,11-12H2. The Morgan fingerprint density at radius 3 is 1.73 bits per heavy atom. The molecular formula is C29H28FNO2. The van der Waals surface area contributed by atoms with Gasteiger partial charge in [-0.25, -0.2) is 4.39 Å². The van der Waals surface area contributed by atoms with Crippen molar-refractivity contribution in [2.75, 3.05) is 0 Å². The van der Waals surface area contributed by atoms with E-state index in [-0.39, 0.29) is 0 Å². The molecule has 0 fully saturated rings. The van der Waals surface area contributed by atoms with Gasteiger partial charge in [-0.1, -0.05) is 103 Å². The molecule has 4 rings (SSSR count). The molecule has 0 aliphatic carbocycles. The second-order valence-electron chi connectivity index (χ2n) is 7.74. The molecule has 1 atom stereocenters. The highest BCUT2D eigenvalue weighted by Gasteiger charge is 2.15. The van der Waals surface area contributed by atoms with Crippen LogP contribution in [0.25, 0.3) is 11.1 Å². The van der Waals surface area contributed by atoms with E-state index in [1.807, 2.05) is 42.5 Å². The highest BCUT2D eigenvalue weighted by atomic mass is 19.1. The zero-order valence-electron chi connectivity index (χ0n) is 18.6. The summed E-state index contributed by atoms with van der Waals surface area (Å²) in [6.45, 7) is 3.39. The number of benzene rings is 4. The Bertz CT molecular complexity index is 1090. The summed E-state index contributed by atoms with van der Waals surface area (Å²) in [4.78, 5) is 10.8. The van der Waals surface area contributed by atoms with Gasteiger partial charge in [-0.15, -0.1) is 0 Å². The summed E-state index contributed by atoms with van der Waals surface area (Å²) >= 11 is 0. The Kier molecular flexibility index (Phi) is 8.92. The first-order valence-electron chi connectivity index (χ1n) is 10.9. The second-order valence-corrected chi connectivity index (χ2v) is 7.74. The topological polar surface area (TPSA) is 49.3 Å². The Labute approximate surface area is 194 Å². The predicted octanol–water partition coefficient (Wildman–Crippen LogP) is 6.66. The molecule has 4 heteroatoms. The molecule has 0 saturated heterocycles. The van der Waals surface area contributed by atoms with E-state index in [0.717, 1.165) is 18.7 Å². The number of aliphatic carboxylic acids is 1. The Hall–Kier alpha value is -3.76. The number of halogens is 1. The van der Waals surface area contributed by atoms with Crippen LogP contribution in [0.1, 0.15) is 29.5 Å². The molecule has 0 aromatic heterocycles. The van der Waals surface area contributed by atoms with Crippen molar-refractivity contribution in [1.82, 2.24) is 5.32 Å². The molecule has 0 aliphatic heterocycles. The monoisotopic (exact) mass is 441 g/mol. The van der Waals surface area contributed by atoms with Gasteiger partial charge in [0.25, 0.3) is 0 Å². The highest BCUT2D eigenvalue weighted by molar-refractivity contribution is 5.76. The molecule has 4 aromatic rings. The molecule has 3 nitrogen and oxygen atoms in total. The minimum absolute atomic E-state index is 0.396. The molecule has 2 N–H and O–H groups in total. The number of hydrogen-bond donors (Lipinski definition) is 2. The molecule has 4 aromatic carbocycles. The van der Waals surface area contributed by atoms with Gasteiger partial charge in [-0.05, 0) is 35.2 Å². The van der Waals surface area contributed by atoms with Crippen LogP contribution in [-0.2, 0) is 17.9 Å². The lowest BCUT2D eigenvalue weighted by Crippen LogP contribution is -2.12. The van der Waals surface area contributed by atoms with E-state index in [1.165, 1.54) is 17.2 Å². The molecule has 0 aliphatic rings. The summed E-state index contributed by atoms with van der Waals surface area (Å²) in [5, 5.41) is 12.3. The third-order valence-electron chi connectivity index (χ3n) is 5.29. The van der Waals surface area contributed by atoms with Gasteiger partial charge in [0.1, 0.15) is 5.82 Å². The number of carboxylic acid groups (broad SMARTS) is 1. The summed E-state index contributed by atoms with van der Waals surface area (Å²) in [5.41, 5.74) is 4.39. The fraction of sp³-hybridized carbons (Fsp3) is 0.138. The lowest BCUT2D eigenvalue weighted by Gasteiger charge is -2.09. The van der Waals surface area contributed by atoms with Crippen molar-refractivity contribution in [3.05, 3.63) is 132 Å². The molecule has 0 saturated carbocycles. The van der Waals surface area contributed by atoms with Crippen molar-refractivity contribution >= 4 is 5.97 Å². The molecule has 33 heavy (non-hydrogen) atoms. The minimum Gasteiger partial charge on any atom is -0.481 e. The van der Waals surface area contributed by atoms with Crippen LogP contribution >= 0.6 is 0 Å². The average Bonchev–Trinajstić information content (AvgIpc) is 2.86. The van der Waals surface area contributed by atoms with Crippen molar-refractivity contribution in [2.24, 2.45) is 0 Å². The largest absolute Gasteiger partial charge is 0.481 e. The highest BCUT2D eigenvalue weighted by Crippen LogP contribution is 2.26. The maximum atomic E-state index is 14.0. The maximum absolute atomic E-state index is 14.0. The van der Waals surface area contributed by atoms with E-state index in [0.29, 0.717) is 11.1 Å². The summed E-state index contributed by atoms with van der Waals surface area (Å²) in [6.07, 6.45) is 0. The van der Waals surface area contributed by atoms with Gasteiger partial charge in [0.05, 0.1) is 5.92 Å². The average molecular weight is 442 g/mol. The molecule has 0 radical (unpaired) electrons. The van der Waals surface area contributed by atoms with Gasteiger partial charge in [-0.3, -0.25) is 4.79 Å². The van der Waals surface area contributed by atoms with Crippen LogP contribution in [0.4, 0.5) is 4.39 Å². The summed E-state index contributed by atoms with van der Waals surface area (Å²) in [5.74, 6) is -2.06. The van der Waals surface area contributed by atoms with Gasteiger partial charge in [0, 0.05) is 18.7 Å². The second kappa shape index (κ2) is 12.3. The number of nitrogens with one attached hydrogen (secondary N) is 1. The normalized spacial score (nSPS) is 11.2. The van der Waals surface area contributed by atoms with E-state index in [2.05, 4.69) is 53.8 Å². The van der Waals surface area contributed by atoms with E-state index in [4.69, 9.17) is 5.11 Å². The summed E-state index contributed by atoms with van der Waals surface area (Å²) in [6, 6.07) is 34.7. The van der Waals surface area contributed by atoms with Crippen molar-refractivity contribution in [1.29, 1.82) is 0 Å². The fourth-order valence-corrected chi connectivity index (χ4v) is 3.34. The van der Waals surface area contributed by atoms with Crippen molar-refractivity contribution in [3.63, 3.8) is 0 Å². The first-order chi connectivity index (χ1) is 16.0. The smallest absolute Gasteiger partial charge is 0.310 e. The SMILES string of the molecule is CC(C(=O)O)c1ccc(-c2ccccc2)c(F)c1.c1ccc(CNCc2ccccc2)cc1. The van der Waals surface area contributed by atoms with Gasteiger partial charge < -0.3 is 10.4 Å². The first kappa shape index (κ1) is 23.9. The molecular weight excluding hydrogens is 413 g/mol. The van der Waals surface area contributed by atoms with Crippen LogP contribution in [0.5, 0.6) is 0 Å². The zero-order valence-corrected chi connectivity index (χ0v) is 18.6. The Morgan fingerprint density at radius 2 is 1.27 bits per heavy atom. The third-order valence-corrected chi connectivity index (χ3v) is 5.29. The minimum atomic E-state index is -0.957. The van der Waals surface area contributed by atoms with Gasteiger partial charge in [0.15, 0.2) is 0 Å². The first-order valence-corrected chi connectivity index (χ1v) is 10.9. The van der Waals surface area contributed by atoms with Crippen molar-refractivity contribution < 1.29 is 14.3 Å². The quantitative estimate of drug-likeness (QED) is 0.337. The van der Waals surface area contributed by atoms with Gasteiger partial charge in [0.2, 0.25) is 0 Å². The fourth-order valence-electron chi connectivity index (χ4n) is 3.34. The maximum Gasteiger partial charge on any atom is 0.310 e. The van der Waals surface area contributed by atoms with Crippen molar-refractivity contribution in [2.45, 2.75) is 25.9 Å². The predicted molar refractivity (Wildman–Crippen MR) is 131 cm³/mol. The van der Waals surface area contributed by atoms with Crippen LogP contribution in [0.3, 0.4) is 0 Å². The van der Waals surface area contributed by atoms with Crippen LogP contribution in [0, 0.1) is 5.82 Å². The molecule has 168 valence electrons. The number of hydrogen-bond acceptors (Lipinski definition) is 2. The van der Waals surface area contributed by atoms with E-state index in [1.54, 1.807) is 19.1 Å². The molecule has 1 unspecified atom stereocenters. The molecule has 0 heterocycles. The third kappa shape index (κ3) is 7.41. The van der Waals surface area contributed by atoms with E-state index in [9.17, 15) is 9.18 Å². The lowest BCUT2D eigenvalue weighted by atomic mass is 9.97. The lowest BCUT2D eigenvalue weighted by molar-refractivity contribution is -0.138. The van der Waals surface area contributed by atoms with Crippen molar-refractivity contribution in [3.8, 4) is 11.1 Å². The number of carbonyl (C=O) groups is 1. The van der Waals surface area contributed by atoms with Gasteiger partial charge >= 0.3 is 5.97 Å². The molecule has 0 spiro atoms. The van der Waals surface area contributed by atoms with Crippen LogP contribution in [-0.4, -0.2) is 11.1 Å². The Morgan fingerprint density at radius 1 is 0.788 bits per heavy atom. The van der Waals surface area contributed by atoms with Crippen LogP contribution in [0.15, 0.2) is 109 Å². The number of rotatable bonds is 7. The number of carboxylic acids is 1. The van der Waals surface area contributed by atoms with Crippen LogP contribution in [0.2, 0.25) is 0 Å². The summed E-state index contributed by atoms with van der Waals surface area (Å²) in [7, 11) is 0.